The molecule has 0 saturated heterocycles. The first-order chi connectivity index (χ1) is 9.80. The van der Waals surface area contributed by atoms with Crippen molar-refractivity contribution in [2.24, 2.45) is 11.1 Å². The van der Waals surface area contributed by atoms with E-state index in [4.69, 9.17) is 22.1 Å². The highest BCUT2D eigenvalue weighted by Gasteiger charge is 2.44. The second-order valence-corrected chi connectivity index (χ2v) is 7.24. The number of benzene rings is 1. The predicted molar refractivity (Wildman–Crippen MR) is 84.9 cm³/mol. The van der Waals surface area contributed by atoms with Gasteiger partial charge in [-0.25, -0.2) is 4.39 Å². The molecule has 0 heterocycles. The molecule has 2 N–H and O–H groups in total. The average Bonchev–Trinajstić information content (AvgIpc) is 2.41. The summed E-state index contributed by atoms with van der Waals surface area (Å²) >= 11 is 5.83. The van der Waals surface area contributed by atoms with E-state index in [1.807, 2.05) is 6.92 Å². The van der Waals surface area contributed by atoms with E-state index in [0.717, 1.165) is 25.7 Å². The Morgan fingerprint density at radius 2 is 1.90 bits per heavy atom. The van der Waals surface area contributed by atoms with Gasteiger partial charge < -0.3 is 10.5 Å². The largest absolute Gasteiger partial charge is 0.373 e. The SMILES string of the molecule is CCOC1(C(N)c2ccc(Cl)cc2F)CCC(C)(C)CC1. The summed E-state index contributed by atoms with van der Waals surface area (Å²) in [6.07, 6.45) is 3.79. The zero-order chi connectivity index (χ0) is 15.7. The van der Waals surface area contributed by atoms with Gasteiger partial charge in [0.2, 0.25) is 0 Å². The highest BCUT2D eigenvalue weighted by atomic mass is 35.5. The monoisotopic (exact) mass is 313 g/mol. The molecule has 2 nitrogen and oxygen atoms in total. The van der Waals surface area contributed by atoms with E-state index < -0.39 is 11.6 Å². The quantitative estimate of drug-likeness (QED) is 0.862. The molecule has 4 heteroatoms. The first-order valence-corrected chi connectivity index (χ1v) is 8.02. The van der Waals surface area contributed by atoms with Crippen LogP contribution in [-0.2, 0) is 4.74 Å². The van der Waals surface area contributed by atoms with Crippen LogP contribution in [0.3, 0.4) is 0 Å². The Kier molecular flexibility index (Phi) is 4.96. The summed E-state index contributed by atoms with van der Waals surface area (Å²) in [7, 11) is 0. The summed E-state index contributed by atoms with van der Waals surface area (Å²) in [5.41, 5.74) is 6.75. The number of halogens is 2. The van der Waals surface area contributed by atoms with Gasteiger partial charge in [-0.15, -0.1) is 0 Å². The van der Waals surface area contributed by atoms with Crippen molar-refractivity contribution in [3.05, 3.63) is 34.6 Å². The van der Waals surface area contributed by atoms with E-state index in [2.05, 4.69) is 13.8 Å². The molecular formula is C17H25ClFNO. The Balaban J connectivity index is 2.29. The van der Waals surface area contributed by atoms with Gasteiger partial charge in [-0.1, -0.05) is 31.5 Å². The summed E-state index contributed by atoms with van der Waals surface area (Å²) in [6.45, 7) is 7.07. The van der Waals surface area contributed by atoms with Crippen LogP contribution in [0.1, 0.15) is 58.1 Å². The van der Waals surface area contributed by atoms with Crippen LogP contribution in [0, 0.1) is 11.2 Å². The van der Waals surface area contributed by atoms with Gasteiger partial charge in [-0.3, -0.25) is 0 Å². The molecule has 1 aromatic rings. The van der Waals surface area contributed by atoms with E-state index in [1.165, 1.54) is 6.07 Å². The minimum atomic E-state index is -0.473. The van der Waals surface area contributed by atoms with Crippen molar-refractivity contribution in [2.75, 3.05) is 6.61 Å². The lowest BCUT2D eigenvalue weighted by atomic mass is 9.67. The van der Waals surface area contributed by atoms with Gasteiger partial charge in [0.25, 0.3) is 0 Å². The van der Waals surface area contributed by atoms with Crippen molar-refractivity contribution in [3.63, 3.8) is 0 Å². The zero-order valence-electron chi connectivity index (χ0n) is 13.1. The van der Waals surface area contributed by atoms with Gasteiger partial charge in [-0.2, -0.15) is 0 Å². The molecule has 21 heavy (non-hydrogen) atoms. The molecule has 1 saturated carbocycles. The fourth-order valence-electron chi connectivity index (χ4n) is 3.22. The smallest absolute Gasteiger partial charge is 0.129 e. The lowest BCUT2D eigenvalue weighted by Crippen LogP contribution is -2.48. The molecule has 0 amide bonds. The number of nitrogens with two attached hydrogens (primary N) is 1. The molecule has 0 radical (unpaired) electrons. The van der Waals surface area contributed by atoms with Gasteiger partial charge in [0, 0.05) is 17.2 Å². The third kappa shape index (κ3) is 3.58. The molecule has 1 fully saturated rings. The highest BCUT2D eigenvalue weighted by Crippen LogP contribution is 2.47. The van der Waals surface area contributed by atoms with Crippen molar-refractivity contribution in [2.45, 2.75) is 58.1 Å². The Labute approximate surface area is 131 Å². The van der Waals surface area contributed by atoms with Crippen LogP contribution in [0.5, 0.6) is 0 Å². The van der Waals surface area contributed by atoms with E-state index >= 15 is 0 Å². The molecular weight excluding hydrogens is 289 g/mol. The van der Waals surface area contributed by atoms with Gasteiger partial charge in [0.05, 0.1) is 11.6 Å². The normalized spacial score (nSPS) is 22.0. The lowest BCUT2D eigenvalue weighted by Gasteiger charge is -2.46. The van der Waals surface area contributed by atoms with Gasteiger partial charge in [0.1, 0.15) is 5.82 Å². The van der Waals surface area contributed by atoms with Crippen molar-refractivity contribution in [1.82, 2.24) is 0 Å². The Morgan fingerprint density at radius 1 is 1.29 bits per heavy atom. The molecule has 1 unspecified atom stereocenters. The summed E-state index contributed by atoms with van der Waals surface area (Å²) in [4.78, 5) is 0. The highest BCUT2D eigenvalue weighted by molar-refractivity contribution is 6.30. The molecule has 1 atom stereocenters. The minimum Gasteiger partial charge on any atom is -0.373 e. The third-order valence-electron chi connectivity index (χ3n) is 4.75. The number of rotatable bonds is 4. The second kappa shape index (κ2) is 6.23. The van der Waals surface area contributed by atoms with Crippen LogP contribution in [0.2, 0.25) is 5.02 Å². The number of hydrogen-bond donors (Lipinski definition) is 1. The van der Waals surface area contributed by atoms with Crippen LogP contribution < -0.4 is 5.73 Å². The van der Waals surface area contributed by atoms with Gasteiger partial charge in [0.15, 0.2) is 0 Å². The molecule has 0 aromatic heterocycles. The third-order valence-corrected chi connectivity index (χ3v) is 4.98. The standard InChI is InChI=1S/C17H25ClFNO/c1-4-21-17(9-7-16(2,3)8-10-17)15(20)13-6-5-12(18)11-14(13)19/h5-6,11,15H,4,7-10,20H2,1-3H3. The van der Waals surface area contributed by atoms with Crippen molar-refractivity contribution in [1.29, 1.82) is 0 Å². The molecule has 0 spiro atoms. The molecule has 0 bridgehead atoms. The second-order valence-electron chi connectivity index (χ2n) is 6.81. The summed E-state index contributed by atoms with van der Waals surface area (Å²) in [6, 6.07) is 4.23. The summed E-state index contributed by atoms with van der Waals surface area (Å²) in [5, 5.41) is 0.388. The maximum Gasteiger partial charge on any atom is 0.129 e. The van der Waals surface area contributed by atoms with Crippen molar-refractivity contribution >= 4 is 11.6 Å². The molecule has 1 aliphatic rings. The molecule has 1 aromatic carbocycles. The van der Waals surface area contributed by atoms with Crippen molar-refractivity contribution < 1.29 is 9.13 Å². The fourth-order valence-corrected chi connectivity index (χ4v) is 3.38. The zero-order valence-corrected chi connectivity index (χ0v) is 13.8. The topological polar surface area (TPSA) is 35.2 Å². The Morgan fingerprint density at radius 3 is 2.43 bits per heavy atom. The molecule has 0 aliphatic heterocycles. The number of hydrogen-bond acceptors (Lipinski definition) is 2. The maximum absolute atomic E-state index is 14.2. The van der Waals surface area contributed by atoms with Crippen LogP contribution in [-0.4, -0.2) is 12.2 Å². The first kappa shape index (κ1) is 16.7. The Bertz CT molecular complexity index is 494. The Hall–Kier alpha value is -0.640. The molecule has 2 rings (SSSR count). The summed E-state index contributed by atoms with van der Waals surface area (Å²) < 4.78 is 20.2. The number of ether oxygens (including phenoxy) is 1. The minimum absolute atomic E-state index is 0.304. The molecule has 118 valence electrons. The van der Waals surface area contributed by atoms with E-state index in [9.17, 15) is 4.39 Å². The van der Waals surface area contributed by atoms with Crippen molar-refractivity contribution in [3.8, 4) is 0 Å². The van der Waals surface area contributed by atoms with E-state index in [0.29, 0.717) is 22.6 Å². The van der Waals surface area contributed by atoms with E-state index in [1.54, 1.807) is 12.1 Å². The van der Waals surface area contributed by atoms with E-state index in [-0.39, 0.29) is 5.82 Å². The fraction of sp³-hybridized carbons (Fsp3) is 0.647. The van der Waals surface area contributed by atoms with Gasteiger partial charge in [-0.05, 0) is 50.2 Å². The first-order valence-electron chi connectivity index (χ1n) is 7.64. The predicted octanol–water partition coefficient (Wildman–Crippen LogP) is 4.85. The average molecular weight is 314 g/mol. The maximum atomic E-state index is 14.2. The van der Waals surface area contributed by atoms with Crippen LogP contribution in [0.15, 0.2) is 18.2 Å². The van der Waals surface area contributed by atoms with Crippen LogP contribution in [0.4, 0.5) is 4.39 Å². The van der Waals surface area contributed by atoms with Crippen LogP contribution in [0.25, 0.3) is 0 Å². The van der Waals surface area contributed by atoms with Crippen LogP contribution >= 0.6 is 11.6 Å². The summed E-state index contributed by atoms with van der Waals surface area (Å²) in [5.74, 6) is -0.348. The van der Waals surface area contributed by atoms with Gasteiger partial charge >= 0.3 is 0 Å². The molecule has 1 aliphatic carbocycles. The lowest BCUT2D eigenvalue weighted by molar-refractivity contribution is -0.101.